The van der Waals surface area contributed by atoms with Crippen LogP contribution in [0, 0.1) is 27.6 Å². The summed E-state index contributed by atoms with van der Waals surface area (Å²) in [5, 5.41) is 0. The third kappa shape index (κ3) is 1.96. The molecule has 0 spiro atoms. The topological polar surface area (TPSA) is 43.4 Å². The smallest absolute Gasteiger partial charge is 0.320 e. The van der Waals surface area contributed by atoms with Gasteiger partial charge in [0.1, 0.15) is 5.41 Å². The highest BCUT2D eigenvalue weighted by molar-refractivity contribution is 6.06. The fourth-order valence-electron chi connectivity index (χ4n) is 6.46. The molecule has 2 saturated carbocycles. The van der Waals surface area contributed by atoms with Crippen LogP contribution in [-0.4, -0.2) is 18.9 Å². The van der Waals surface area contributed by atoms with Crippen LogP contribution in [0.15, 0.2) is 11.6 Å². The monoisotopic (exact) mass is 332 g/mol. The predicted molar refractivity (Wildman–Crippen MR) is 94.4 cm³/mol. The highest BCUT2D eigenvalue weighted by Gasteiger charge is 2.71. The molecular formula is C21H32O3. The maximum absolute atomic E-state index is 13.4. The van der Waals surface area contributed by atoms with E-state index in [2.05, 4.69) is 40.7 Å². The zero-order valence-corrected chi connectivity index (χ0v) is 16.1. The summed E-state index contributed by atoms with van der Waals surface area (Å²) in [7, 11) is 1.44. The van der Waals surface area contributed by atoms with Crippen molar-refractivity contribution in [2.75, 3.05) is 7.11 Å². The summed E-state index contributed by atoms with van der Waals surface area (Å²) in [6, 6.07) is 0. The molecule has 0 aromatic rings. The largest absolute Gasteiger partial charge is 0.468 e. The van der Waals surface area contributed by atoms with Crippen LogP contribution in [0.1, 0.15) is 73.1 Å². The molecule has 0 aromatic heterocycles. The maximum atomic E-state index is 13.4. The van der Waals surface area contributed by atoms with Crippen molar-refractivity contribution in [3.05, 3.63) is 11.6 Å². The Kier molecular flexibility index (Phi) is 3.83. The van der Waals surface area contributed by atoms with Gasteiger partial charge in [-0.1, -0.05) is 52.7 Å². The number of carbonyl (C=O) groups excluding carboxylic acids is 2. The molecule has 0 saturated heterocycles. The first-order valence-electron chi connectivity index (χ1n) is 9.37. The van der Waals surface area contributed by atoms with Crippen LogP contribution in [0.4, 0.5) is 0 Å². The summed E-state index contributed by atoms with van der Waals surface area (Å²) in [6.07, 6.45) is 7.59. The quantitative estimate of drug-likeness (QED) is 0.397. The van der Waals surface area contributed by atoms with Gasteiger partial charge in [-0.05, 0) is 42.4 Å². The van der Waals surface area contributed by atoms with Gasteiger partial charge in [0.05, 0.1) is 7.11 Å². The van der Waals surface area contributed by atoms with Gasteiger partial charge in [0.15, 0.2) is 5.78 Å². The summed E-state index contributed by atoms with van der Waals surface area (Å²) in [4.78, 5) is 26.6. The number of esters is 1. The number of hydrogen-bond donors (Lipinski definition) is 0. The predicted octanol–water partition coefficient (Wildman–Crippen LogP) is 4.70. The molecule has 2 fully saturated rings. The van der Waals surface area contributed by atoms with E-state index < -0.39 is 10.8 Å². The molecule has 0 aromatic carbocycles. The molecule has 1 unspecified atom stereocenters. The Morgan fingerprint density at radius 2 is 1.79 bits per heavy atom. The van der Waals surface area contributed by atoms with Gasteiger partial charge in [0.25, 0.3) is 0 Å². The molecule has 0 aliphatic heterocycles. The average molecular weight is 332 g/mol. The Balaban J connectivity index is 2.31. The van der Waals surface area contributed by atoms with Gasteiger partial charge in [-0.3, -0.25) is 9.59 Å². The number of carbonyl (C=O) groups is 2. The molecule has 3 aliphatic rings. The van der Waals surface area contributed by atoms with Gasteiger partial charge in [-0.15, -0.1) is 0 Å². The Morgan fingerprint density at radius 3 is 2.42 bits per heavy atom. The maximum Gasteiger partial charge on any atom is 0.320 e. The van der Waals surface area contributed by atoms with Crippen molar-refractivity contribution in [2.24, 2.45) is 27.6 Å². The molecule has 0 radical (unpaired) electrons. The summed E-state index contributed by atoms with van der Waals surface area (Å²) >= 11 is 0. The number of allylic oxidation sites excluding steroid dienone is 2. The minimum atomic E-state index is -1.01. The van der Waals surface area contributed by atoms with Crippen molar-refractivity contribution in [1.29, 1.82) is 0 Å². The van der Waals surface area contributed by atoms with E-state index in [9.17, 15) is 9.59 Å². The van der Waals surface area contributed by atoms with Gasteiger partial charge in [-0.25, -0.2) is 0 Å². The third-order valence-electron chi connectivity index (χ3n) is 7.64. The van der Waals surface area contributed by atoms with E-state index in [-0.39, 0.29) is 28.5 Å². The minimum Gasteiger partial charge on any atom is -0.468 e. The molecule has 24 heavy (non-hydrogen) atoms. The first kappa shape index (κ1) is 17.7. The van der Waals surface area contributed by atoms with Crippen molar-refractivity contribution in [3.8, 4) is 0 Å². The standard InChI is InChI=1S/C21H32O3/c1-18(2)11-7-12-20(5)14(18)8-9-15-19(3,4)13-10-16(22)21(15,20)17(23)24-6/h8,15H,7,9-13H2,1-6H3/t15?,20-,21+/m1/s1. The van der Waals surface area contributed by atoms with Crippen molar-refractivity contribution in [3.63, 3.8) is 0 Å². The first-order chi connectivity index (χ1) is 11.0. The van der Waals surface area contributed by atoms with Crippen LogP contribution in [0.25, 0.3) is 0 Å². The minimum absolute atomic E-state index is 0.0290. The summed E-state index contributed by atoms with van der Waals surface area (Å²) in [6.45, 7) is 11.1. The average Bonchev–Trinajstić information content (AvgIpc) is 2.49. The second-order valence-electron chi connectivity index (χ2n) is 9.69. The third-order valence-corrected chi connectivity index (χ3v) is 7.64. The van der Waals surface area contributed by atoms with Crippen LogP contribution < -0.4 is 0 Å². The number of ketones is 1. The highest BCUT2D eigenvalue weighted by Crippen LogP contribution is 2.69. The fraction of sp³-hybridized carbons (Fsp3) is 0.810. The number of rotatable bonds is 1. The Morgan fingerprint density at radius 1 is 1.12 bits per heavy atom. The first-order valence-corrected chi connectivity index (χ1v) is 9.37. The van der Waals surface area contributed by atoms with Crippen LogP contribution >= 0.6 is 0 Å². The number of Topliss-reactive ketones (excluding diaryl/α,β-unsaturated/α-hetero) is 1. The molecule has 3 nitrogen and oxygen atoms in total. The van der Waals surface area contributed by atoms with Crippen molar-refractivity contribution in [1.82, 2.24) is 0 Å². The van der Waals surface area contributed by atoms with Gasteiger partial charge < -0.3 is 4.74 Å². The second kappa shape index (κ2) is 5.19. The molecule has 0 heterocycles. The van der Waals surface area contributed by atoms with Gasteiger partial charge >= 0.3 is 5.97 Å². The van der Waals surface area contributed by atoms with E-state index in [0.717, 1.165) is 32.1 Å². The second-order valence-corrected chi connectivity index (χ2v) is 9.69. The number of hydrogen-bond acceptors (Lipinski definition) is 3. The Hall–Kier alpha value is -1.12. The van der Waals surface area contributed by atoms with Crippen molar-refractivity contribution in [2.45, 2.75) is 73.1 Å². The van der Waals surface area contributed by atoms with E-state index in [1.54, 1.807) is 0 Å². The molecule has 3 atom stereocenters. The molecule has 3 heteroatoms. The van der Waals surface area contributed by atoms with E-state index >= 15 is 0 Å². The lowest BCUT2D eigenvalue weighted by Gasteiger charge is -2.63. The van der Waals surface area contributed by atoms with Crippen LogP contribution in [0.5, 0.6) is 0 Å². The van der Waals surface area contributed by atoms with Gasteiger partial charge in [0, 0.05) is 11.8 Å². The summed E-state index contributed by atoms with van der Waals surface area (Å²) in [5.41, 5.74) is -0.102. The molecule has 3 rings (SSSR count). The normalized spacial score (nSPS) is 40.2. The zero-order valence-electron chi connectivity index (χ0n) is 16.1. The summed E-state index contributed by atoms with van der Waals surface area (Å²) < 4.78 is 5.31. The van der Waals surface area contributed by atoms with E-state index in [1.165, 1.54) is 12.7 Å². The van der Waals surface area contributed by atoms with Crippen LogP contribution in [-0.2, 0) is 14.3 Å². The molecule has 0 amide bonds. The lowest BCUT2D eigenvalue weighted by Crippen LogP contribution is -2.66. The lowest BCUT2D eigenvalue weighted by molar-refractivity contribution is -0.187. The van der Waals surface area contributed by atoms with E-state index in [4.69, 9.17) is 4.74 Å². The lowest BCUT2D eigenvalue weighted by atomic mass is 9.38. The van der Waals surface area contributed by atoms with Crippen molar-refractivity contribution >= 4 is 11.8 Å². The van der Waals surface area contributed by atoms with Crippen LogP contribution in [0.3, 0.4) is 0 Å². The highest BCUT2D eigenvalue weighted by atomic mass is 16.5. The molecular weight excluding hydrogens is 300 g/mol. The fourth-order valence-corrected chi connectivity index (χ4v) is 6.46. The summed E-state index contributed by atoms with van der Waals surface area (Å²) in [5.74, 6) is -0.151. The van der Waals surface area contributed by atoms with E-state index in [0.29, 0.717) is 6.42 Å². The van der Waals surface area contributed by atoms with Gasteiger partial charge in [-0.2, -0.15) is 0 Å². The zero-order chi connectivity index (χ0) is 18.0. The van der Waals surface area contributed by atoms with Crippen LogP contribution in [0.2, 0.25) is 0 Å². The number of fused-ring (bicyclic) bond motifs is 3. The number of ether oxygens (including phenoxy) is 1. The Labute approximate surface area is 146 Å². The molecule has 134 valence electrons. The molecule has 0 N–H and O–H groups in total. The van der Waals surface area contributed by atoms with Crippen molar-refractivity contribution < 1.29 is 14.3 Å². The Bertz CT molecular complexity index is 603. The van der Waals surface area contributed by atoms with E-state index in [1.807, 2.05) is 0 Å². The number of methoxy groups -OCH3 is 1. The SMILES string of the molecule is COC(=O)[C@@]12C(=O)CCC(C)(C)C1CC=C1C(C)(C)CCC[C@]12C. The van der Waals surface area contributed by atoms with Gasteiger partial charge in [0.2, 0.25) is 0 Å². The molecule has 0 bridgehead atoms. The molecule has 3 aliphatic carbocycles.